The van der Waals surface area contributed by atoms with Crippen LogP contribution in [0.1, 0.15) is 11.1 Å². The van der Waals surface area contributed by atoms with Crippen molar-refractivity contribution < 1.29 is 67.3 Å². The third kappa shape index (κ3) is 4.43. The molecule has 0 amide bonds. The number of benzene rings is 2. The van der Waals surface area contributed by atoms with Gasteiger partial charge in [-0.2, -0.15) is 17.7 Å². The fourth-order valence-electron chi connectivity index (χ4n) is 1.39. The van der Waals surface area contributed by atoms with Gasteiger partial charge in [0, 0.05) is 16.6 Å². The van der Waals surface area contributed by atoms with E-state index >= 15 is 0 Å². The predicted octanol–water partition coefficient (Wildman–Crippen LogP) is 1.17. The molecule has 0 fully saturated rings. The van der Waals surface area contributed by atoms with Crippen molar-refractivity contribution in [3.05, 3.63) is 64.4 Å². The Kier molecular flexibility index (Phi) is 7.03. The van der Waals surface area contributed by atoms with Crippen LogP contribution in [-0.4, -0.2) is 0 Å². The maximum absolute atomic E-state index is 13.1. The van der Waals surface area contributed by atoms with E-state index in [4.69, 9.17) is 16.3 Å². The van der Waals surface area contributed by atoms with Crippen LogP contribution >= 0.6 is 11.6 Å². The van der Waals surface area contributed by atoms with Crippen LogP contribution in [0.25, 0.3) is 0 Å². The van der Waals surface area contributed by atoms with Crippen LogP contribution < -0.4 is 62.9 Å². The Labute approximate surface area is 160 Å². The Hall–Kier alpha value is 0.265. The van der Waals surface area contributed by atoms with Crippen molar-refractivity contribution in [2.24, 2.45) is 0 Å². The Morgan fingerprint density at radius 2 is 1.89 bits per heavy atom. The van der Waals surface area contributed by atoms with Crippen LogP contribution in [0.2, 0.25) is 5.02 Å². The zero-order valence-electron chi connectivity index (χ0n) is 10.3. The molecule has 0 aliphatic rings. The van der Waals surface area contributed by atoms with Crippen molar-refractivity contribution in [1.82, 2.24) is 0 Å². The van der Waals surface area contributed by atoms with Crippen molar-refractivity contribution in [1.29, 1.82) is 0 Å². The monoisotopic (exact) mass is 334 g/mol. The van der Waals surface area contributed by atoms with E-state index in [-0.39, 0.29) is 63.2 Å². The van der Waals surface area contributed by atoms with E-state index in [1.54, 1.807) is 6.07 Å². The molecule has 0 bridgehead atoms. The molecule has 1 nitrogen and oxygen atoms in total. The maximum Gasteiger partial charge on any atom is 1.00 e. The van der Waals surface area contributed by atoms with E-state index in [0.29, 0.717) is 12.4 Å². The first-order valence-electron chi connectivity index (χ1n) is 5.21. The van der Waals surface area contributed by atoms with E-state index in [0.717, 1.165) is 5.56 Å². The number of hydrogen-bond acceptors (Lipinski definition) is 1. The van der Waals surface area contributed by atoms with Crippen LogP contribution in [0.3, 0.4) is 0 Å². The van der Waals surface area contributed by atoms with Crippen molar-refractivity contribution in [2.45, 2.75) is 13.5 Å². The van der Waals surface area contributed by atoms with Crippen LogP contribution in [0.15, 0.2) is 36.4 Å². The van der Waals surface area contributed by atoms with Crippen LogP contribution in [0.5, 0.6) is 5.75 Å². The largest absolute Gasteiger partial charge is 1.00 e. The van der Waals surface area contributed by atoms with Crippen molar-refractivity contribution in [3.63, 3.8) is 0 Å². The molecule has 4 heteroatoms. The molecule has 2 rings (SSSR count). The van der Waals surface area contributed by atoms with Crippen LogP contribution in [0.4, 0.5) is 4.39 Å². The molecule has 0 saturated carbocycles. The minimum atomic E-state index is -0.590. The molecule has 0 aliphatic carbocycles. The molecular formula is C14H11ClFORb. The Morgan fingerprint density at radius 1 is 1.22 bits per heavy atom. The second-order valence-electron chi connectivity index (χ2n) is 3.74. The molecule has 0 aliphatic heterocycles. The topological polar surface area (TPSA) is 9.23 Å². The molecule has 0 heterocycles. The number of rotatable bonds is 3. The SMILES string of the molecule is Cc1ccc(COc2cc[c-]c(F)c2Cl)cc1.[Rb+]. The Bertz CT molecular complexity index is 514. The van der Waals surface area contributed by atoms with Crippen molar-refractivity contribution >= 4 is 11.6 Å². The summed E-state index contributed by atoms with van der Waals surface area (Å²) in [5.41, 5.74) is 2.20. The van der Waals surface area contributed by atoms with E-state index < -0.39 is 5.82 Å². The van der Waals surface area contributed by atoms with Crippen LogP contribution in [0, 0.1) is 18.8 Å². The van der Waals surface area contributed by atoms with Gasteiger partial charge in [-0.1, -0.05) is 29.8 Å². The Balaban J connectivity index is 0.00000162. The number of aryl methyl sites for hydroxylation is 1. The molecular weight excluding hydrogens is 324 g/mol. The molecule has 2 aromatic rings. The fourth-order valence-corrected chi connectivity index (χ4v) is 1.56. The molecule has 0 unspecified atom stereocenters. The quantitative estimate of drug-likeness (QED) is 0.766. The van der Waals surface area contributed by atoms with Gasteiger partial charge in [0.1, 0.15) is 6.61 Å². The average Bonchev–Trinajstić information content (AvgIpc) is 2.33. The smallest absolute Gasteiger partial charge is 0.513 e. The third-order valence-electron chi connectivity index (χ3n) is 2.37. The summed E-state index contributed by atoms with van der Waals surface area (Å²) in [5.74, 6) is -0.253. The van der Waals surface area contributed by atoms with Gasteiger partial charge in [0.05, 0.1) is 0 Å². The molecule has 88 valence electrons. The molecule has 0 atom stereocenters. The fraction of sp³-hybridized carbons (Fsp3) is 0.143. The third-order valence-corrected chi connectivity index (χ3v) is 2.72. The van der Waals surface area contributed by atoms with Gasteiger partial charge in [-0.05, 0) is 12.5 Å². The molecule has 0 spiro atoms. The van der Waals surface area contributed by atoms with Gasteiger partial charge in [0.25, 0.3) is 0 Å². The standard InChI is InChI=1S/C14H11ClFO.Rb/c1-10-5-7-11(8-6-10)9-17-13-4-2-3-12(16)14(13)15;/h2,4-8H,9H2,1H3;/q-1;+1. The van der Waals surface area contributed by atoms with E-state index in [1.807, 2.05) is 31.2 Å². The molecule has 0 saturated heterocycles. The summed E-state index contributed by atoms with van der Waals surface area (Å²) >= 11 is 5.75. The van der Waals surface area contributed by atoms with Gasteiger partial charge in [-0.25, -0.2) is 4.39 Å². The summed E-state index contributed by atoms with van der Waals surface area (Å²) in [4.78, 5) is 0. The van der Waals surface area contributed by atoms with Crippen molar-refractivity contribution in [3.8, 4) is 5.75 Å². The maximum atomic E-state index is 13.1. The zero-order valence-corrected chi connectivity index (χ0v) is 16.0. The minimum absolute atomic E-state index is 0. The summed E-state index contributed by atoms with van der Waals surface area (Å²) in [6.45, 7) is 2.38. The first kappa shape index (κ1) is 16.3. The summed E-state index contributed by atoms with van der Waals surface area (Å²) in [5, 5.41) is -0.0281. The second kappa shape index (κ2) is 7.76. The molecule has 0 radical (unpaired) electrons. The number of hydrogen-bond donors (Lipinski definition) is 0. The zero-order chi connectivity index (χ0) is 12.3. The molecule has 0 N–H and O–H groups in total. The van der Waals surface area contributed by atoms with Gasteiger partial charge in [0.2, 0.25) is 0 Å². The van der Waals surface area contributed by atoms with Gasteiger partial charge < -0.3 is 4.74 Å². The average molecular weight is 335 g/mol. The normalized spacial score (nSPS) is 9.72. The van der Waals surface area contributed by atoms with Gasteiger partial charge >= 0.3 is 58.2 Å². The minimum Gasteiger partial charge on any atom is -0.513 e. The summed E-state index contributed by atoms with van der Waals surface area (Å²) in [6.07, 6.45) is 0. The second-order valence-corrected chi connectivity index (χ2v) is 4.12. The van der Waals surface area contributed by atoms with Crippen LogP contribution in [-0.2, 0) is 6.61 Å². The van der Waals surface area contributed by atoms with Crippen molar-refractivity contribution in [2.75, 3.05) is 0 Å². The first-order chi connectivity index (χ1) is 8.16. The predicted molar refractivity (Wildman–Crippen MR) is 65.8 cm³/mol. The summed E-state index contributed by atoms with van der Waals surface area (Å²) in [6, 6.07) is 13.3. The van der Waals surface area contributed by atoms with Gasteiger partial charge in [-0.15, -0.1) is 12.1 Å². The Morgan fingerprint density at radius 3 is 2.56 bits per heavy atom. The van der Waals surface area contributed by atoms with E-state index in [1.165, 1.54) is 11.6 Å². The van der Waals surface area contributed by atoms with Gasteiger partial charge in [0.15, 0.2) is 0 Å². The first-order valence-corrected chi connectivity index (χ1v) is 5.58. The van der Waals surface area contributed by atoms with E-state index in [2.05, 4.69) is 6.07 Å². The summed E-state index contributed by atoms with van der Waals surface area (Å²) < 4.78 is 18.5. The summed E-state index contributed by atoms with van der Waals surface area (Å²) in [7, 11) is 0. The number of halogens is 2. The number of ether oxygens (including phenoxy) is 1. The van der Waals surface area contributed by atoms with E-state index in [9.17, 15) is 4.39 Å². The molecule has 0 aromatic heterocycles. The molecule has 18 heavy (non-hydrogen) atoms. The molecule has 2 aromatic carbocycles. The van der Waals surface area contributed by atoms with Gasteiger partial charge in [-0.3, -0.25) is 0 Å².